The molecule has 6 nitrogen and oxygen atoms in total. The number of aryl methyl sites for hydroxylation is 1. The van der Waals surface area contributed by atoms with Gasteiger partial charge in [-0.05, 0) is 25.1 Å². The summed E-state index contributed by atoms with van der Waals surface area (Å²) >= 11 is 0. The molecule has 4 rings (SSSR count). The van der Waals surface area contributed by atoms with Gasteiger partial charge in [0.25, 0.3) is 0 Å². The molecule has 0 aromatic carbocycles. The van der Waals surface area contributed by atoms with Gasteiger partial charge in [0.1, 0.15) is 0 Å². The zero-order valence-corrected chi connectivity index (χ0v) is 13.4. The summed E-state index contributed by atoms with van der Waals surface area (Å²) in [5.74, 6) is 0.220. The number of aromatic nitrogens is 3. The number of nitrogens with zero attached hydrogens (tertiary/aromatic N) is 5. The van der Waals surface area contributed by atoms with Crippen molar-refractivity contribution in [3.63, 3.8) is 0 Å². The van der Waals surface area contributed by atoms with E-state index in [0.717, 1.165) is 44.0 Å². The normalized spacial score (nSPS) is 24.9. The third kappa shape index (κ3) is 2.74. The molecule has 4 heterocycles. The molecular weight excluding hydrogens is 290 g/mol. The van der Waals surface area contributed by atoms with Gasteiger partial charge >= 0.3 is 0 Å². The molecule has 2 aromatic heterocycles. The Kier molecular flexibility index (Phi) is 3.41. The van der Waals surface area contributed by atoms with Gasteiger partial charge < -0.3 is 4.90 Å². The SMILES string of the molecule is Cn1cc(N2C[C@@]3(CCN(Cc4ccccn4)C3)CC2=O)cn1. The zero-order valence-electron chi connectivity index (χ0n) is 13.4. The van der Waals surface area contributed by atoms with E-state index >= 15 is 0 Å². The zero-order chi connectivity index (χ0) is 15.9. The Morgan fingerprint density at radius 1 is 1.30 bits per heavy atom. The molecule has 23 heavy (non-hydrogen) atoms. The van der Waals surface area contributed by atoms with Gasteiger partial charge in [-0.3, -0.25) is 19.4 Å². The van der Waals surface area contributed by atoms with Crippen LogP contribution in [0.3, 0.4) is 0 Å². The molecule has 2 fully saturated rings. The smallest absolute Gasteiger partial charge is 0.227 e. The number of rotatable bonds is 3. The van der Waals surface area contributed by atoms with Crippen molar-refractivity contribution in [2.45, 2.75) is 19.4 Å². The quantitative estimate of drug-likeness (QED) is 0.861. The highest BCUT2D eigenvalue weighted by atomic mass is 16.2. The molecule has 0 saturated carbocycles. The first-order valence-corrected chi connectivity index (χ1v) is 8.05. The average molecular weight is 311 g/mol. The molecule has 0 unspecified atom stereocenters. The van der Waals surface area contributed by atoms with E-state index in [2.05, 4.69) is 21.0 Å². The second-order valence-corrected chi connectivity index (χ2v) is 6.81. The van der Waals surface area contributed by atoms with Crippen LogP contribution in [0.15, 0.2) is 36.8 Å². The van der Waals surface area contributed by atoms with Gasteiger partial charge in [-0.2, -0.15) is 5.10 Å². The fourth-order valence-corrected chi connectivity index (χ4v) is 3.84. The van der Waals surface area contributed by atoms with Crippen LogP contribution in [0.5, 0.6) is 0 Å². The van der Waals surface area contributed by atoms with E-state index in [1.165, 1.54) is 0 Å². The number of carbonyl (C=O) groups is 1. The molecule has 6 heteroatoms. The van der Waals surface area contributed by atoms with Crippen LogP contribution in [-0.2, 0) is 18.4 Å². The van der Waals surface area contributed by atoms with Crippen LogP contribution in [0.1, 0.15) is 18.5 Å². The van der Waals surface area contributed by atoms with Crippen LogP contribution >= 0.6 is 0 Å². The molecule has 0 radical (unpaired) electrons. The van der Waals surface area contributed by atoms with Crippen LogP contribution in [0.2, 0.25) is 0 Å². The number of carbonyl (C=O) groups excluding carboxylic acids is 1. The van der Waals surface area contributed by atoms with E-state index in [4.69, 9.17) is 0 Å². The highest BCUT2D eigenvalue weighted by Gasteiger charge is 2.47. The van der Waals surface area contributed by atoms with E-state index in [9.17, 15) is 4.79 Å². The minimum absolute atomic E-state index is 0.0850. The molecule has 2 aromatic rings. The summed E-state index contributed by atoms with van der Waals surface area (Å²) in [5.41, 5.74) is 2.09. The maximum absolute atomic E-state index is 12.5. The van der Waals surface area contributed by atoms with Crippen molar-refractivity contribution in [1.82, 2.24) is 19.7 Å². The predicted molar refractivity (Wildman–Crippen MR) is 86.7 cm³/mol. The Balaban J connectivity index is 1.45. The summed E-state index contributed by atoms with van der Waals surface area (Å²) < 4.78 is 1.75. The summed E-state index contributed by atoms with van der Waals surface area (Å²) in [5, 5.41) is 4.19. The molecule has 1 spiro atoms. The Morgan fingerprint density at radius 2 is 2.22 bits per heavy atom. The summed E-state index contributed by atoms with van der Waals surface area (Å²) in [6.07, 6.45) is 7.24. The van der Waals surface area contributed by atoms with Crippen molar-refractivity contribution >= 4 is 11.6 Å². The van der Waals surface area contributed by atoms with Gasteiger partial charge in [0, 0.05) is 50.9 Å². The van der Waals surface area contributed by atoms with Gasteiger partial charge in [-0.25, -0.2) is 0 Å². The van der Waals surface area contributed by atoms with Crippen LogP contribution in [0.4, 0.5) is 5.69 Å². The van der Waals surface area contributed by atoms with Gasteiger partial charge in [0.2, 0.25) is 5.91 Å². The Hall–Kier alpha value is -2.21. The fourth-order valence-electron chi connectivity index (χ4n) is 3.84. The van der Waals surface area contributed by atoms with Gasteiger partial charge in [0.05, 0.1) is 17.6 Å². The third-order valence-corrected chi connectivity index (χ3v) is 4.95. The monoisotopic (exact) mass is 311 g/mol. The standard InChI is InChI=1S/C17H21N5O/c1-20-11-15(9-19-20)22-13-17(8-16(22)23)5-7-21(12-17)10-14-4-2-3-6-18-14/h2-4,6,9,11H,5,7-8,10,12-13H2,1H3/t17-/m0/s1. The Bertz CT molecular complexity index is 713. The van der Waals surface area contributed by atoms with E-state index in [1.807, 2.05) is 36.5 Å². The predicted octanol–water partition coefficient (Wildman–Crippen LogP) is 1.44. The molecule has 2 aliphatic heterocycles. The van der Waals surface area contributed by atoms with Crippen LogP contribution in [0, 0.1) is 5.41 Å². The van der Waals surface area contributed by atoms with Crippen LogP contribution in [-0.4, -0.2) is 45.2 Å². The summed E-state index contributed by atoms with van der Waals surface area (Å²) in [4.78, 5) is 21.2. The maximum atomic E-state index is 12.5. The molecular formula is C17H21N5O. The van der Waals surface area contributed by atoms with E-state index in [-0.39, 0.29) is 11.3 Å². The fraction of sp³-hybridized carbons (Fsp3) is 0.471. The number of hydrogen-bond acceptors (Lipinski definition) is 4. The molecule has 0 aliphatic carbocycles. The molecule has 0 bridgehead atoms. The van der Waals surface area contributed by atoms with Gasteiger partial charge in [0.15, 0.2) is 0 Å². The van der Waals surface area contributed by atoms with Crippen molar-refractivity contribution in [3.8, 4) is 0 Å². The minimum atomic E-state index is 0.0850. The second kappa shape index (κ2) is 5.45. The lowest BCUT2D eigenvalue weighted by Gasteiger charge is -2.23. The molecule has 120 valence electrons. The molecule has 0 N–H and O–H groups in total. The average Bonchev–Trinajstić information content (AvgIpc) is 3.21. The molecule has 2 aliphatic rings. The van der Waals surface area contributed by atoms with Crippen LogP contribution < -0.4 is 4.90 Å². The Labute approximate surface area is 135 Å². The summed E-state index contributed by atoms with van der Waals surface area (Å²) in [6, 6.07) is 6.03. The largest absolute Gasteiger partial charge is 0.309 e. The highest BCUT2D eigenvalue weighted by molar-refractivity contribution is 5.96. The number of amides is 1. The van der Waals surface area contributed by atoms with Crippen LogP contribution in [0.25, 0.3) is 0 Å². The van der Waals surface area contributed by atoms with E-state index in [1.54, 1.807) is 10.9 Å². The Morgan fingerprint density at radius 3 is 2.96 bits per heavy atom. The topological polar surface area (TPSA) is 54.3 Å². The number of likely N-dealkylation sites (tertiary alicyclic amines) is 1. The number of hydrogen-bond donors (Lipinski definition) is 0. The first-order chi connectivity index (χ1) is 11.1. The minimum Gasteiger partial charge on any atom is -0.309 e. The second-order valence-electron chi connectivity index (χ2n) is 6.81. The first kappa shape index (κ1) is 14.4. The number of pyridine rings is 1. The van der Waals surface area contributed by atoms with E-state index < -0.39 is 0 Å². The highest BCUT2D eigenvalue weighted by Crippen LogP contribution is 2.41. The molecule has 1 atom stereocenters. The summed E-state index contributed by atoms with van der Waals surface area (Å²) in [7, 11) is 1.88. The number of anilines is 1. The maximum Gasteiger partial charge on any atom is 0.227 e. The van der Waals surface area contributed by atoms with Crippen molar-refractivity contribution in [1.29, 1.82) is 0 Å². The lowest BCUT2D eigenvalue weighted by Crippen LogP contribution is -2.31. The van der Waals surface area contributed by atoms with Crippen molar-refractivity contribution in [3.05, 3.63) is 42.5 Å². The van der Waals surface area contributed by atoms with E-state index in [0.29, 0.717) is 6.42 Å². The third-order valence-electron chi connectivity index (χ3n) is 4.95. The lowest BCUT2D eigenvalue weighted by atomic mass is 9.86. The first-order valence-electron chi connectivity index (χ1n) is 8.05. The molecule has 2 saturated heterocycles. The van der Waals surface area contributed by atoms with Crippen molar-refractivity contribution in [2.75, 3.05) is 24.5 Å². The van der Waals surface area contributed by atoms with Crippen molar-refractivity contribution < 1.29 is 4.79 Å². The van der Waals surface area contributed by atoms with Gasteiger partial charge in [-0.1, -0.05) is 6.07 Å². The van der Waals surface area contributed by atoms with Gasteiger partial charge in [-0.15, -0.1) is 0 Å². The summed E-state index contributed by atoms with van der Waals surface area (Å²) in [6.45, 7) is 3.66. The molecule has 1 amide bonds. The van der Waals surface area contributed by atoms with Crippen molar-refractivity contribution in [2.24, 2.45) is 12.5 Å². The lowest BCUT2D eigenvalue weighted by molar-refractivity contribution is -0.117.